The standard InChI is InChI=1S/C23H27N5O/c1-3-6-19(18-8-5-4-7-15(18)2)28-23-20(22(25)26-14-27-23)21(24)17-11-9-16(13-29)10-12-17/h4-5,7-12,14,19,24,29H,3,6,13H2,1-2H3,(H3,25,26,27,28). The molecule has 0 fully saturated rings. The Balaban J connectivity index is 1.98. The maximum Gasteiger partial charge on any atom is 0.141 e. The second kappa shape index (κ2) is 9.30. The highest BCUT2D eigenvalue weighted by Gasteiger charge is 2.20. The van der Waals surface area contributed by atoms with E-state index in [1.54, 1.807) is 24.3 Å². The number of nitrogens with two attached hydrogens (primary N) is 1. The number of anilines is 2. The number of nitrogens with one attached hydrogen (secondary N) is 2. The van der Waals surface area contributed by atoms with Crippen LogP contribution in [0.15, 0.2) is 54.9 Å². The van der Waals surface area contributed by atoms with Crippen molar-refractivity contribution in [1.82, 2.24) is 9.97 Å². The Morgan fingerprint density at radius 1 is 1.14 bits per heavy atom. The van der Waals surface area contributed by atoms with Crippen LogP contribution in [0.5, 0.6) is 0 Å². The van der Waals surface area contributed by atoms with Gasteiger partial charge in [-0.15, -0.1) is 0 Å². The molecule has 3 aromatic rings. The molecule has 0 aliphatic carbocycles. The summed E-state index contributed by atoms with van der Waals surface area (Å²) < 4.78 is 0. The van der Waals surface area contributed by atoms with Crippen LogP contribution in [0, 0.1) is 12.3 Å². The highest BCUT2D eigenvalue weighted by molar-refractivity contribution is 6.16. The number of hydrogen-bond donors (Lipinski definition) is 4. The van der Waals surface area contributed by atoms with Gasteiger partial charge in [0.05, 0.1) is 23.9 Å². The molecule has 5 N–H and O–H groups in total. The Morgan fingerprint density at radius 2 is 1.86 bits per heavy atom. The summed E-state index contributed by atoms with van der Waals surface area (Å²) in [5.74, 6) is 0.814. The average Bonchev–Trinajstić information content (AvgIpc) is 2.73. The van der Waals surface area contributed by atoms with Gasteiger partial charge >= 0.3 is 0 Å². The molecule has 0 spiro atoms. The van der Waals surface area contributed by atoms with Gasteiger partial charge in [-0.2, -0.15) is 0 Å². The van der Waals surface area contributed by atoms with Gasteiger partial charge in [-0.3, -0.25) is 5.41 Å². The van der Waals surface area contributed by atoms with Gasteiger partial charge in [0.1, 0.15) is 18.0 Å². The van der Waals surface area contributed by atoms with Crippen molar-refractivity contribution >= 4 is 17.3 Å². The molecule has 29 heavy (non-hydrogen) atoms. The van der Waals surface area contributed by atoms with Crippen LogP contribution in [-0.4, -0.2) is 20.8 Å². The van der Waals surface area contributed by atoms with E-state index in [9.17, 15) is 5.11 Å². The second-order valence-corrected chi connectivity index (χ2v) is 7.05. The Kier molecular flexibility index (Phi) is 6.57. The molecule has 0 aliphatic heterocycles. The van der Waals surface area contributed by atoms with Crippen LogP contribution in [0.25, 0.3) is 0 Å². The molecular weight excluding hydrogens is 362 g/mol. The minimum Gasteiger partial charge on any atom is -0.392 e. The lowest BCUT2D eigenvalue weighted by Crippen LogP contribution is -2.18. The van der Waals surface area contributed by atoms with Gasteiger partial charge in [-0.25, -0.2) is 9.97 Å². The highest BCUT2D eigenvalue weighted by atomic mass is 16.3. The third-order valence-corrected chi connectivity index (χ3v) is 5.00. The molecule has 0 amide bonds. The molecule has 6 heteroatoms. The zero-order chi connectivity index (χ0) is 20.8. The Morgan fingerprint density at radius 3 is 2.52 bits per heavy atom. The summed E-state index contributed by atoms with van der Waals surface area (Å²) in [6.45, 7) is 4.21. The molecule has 0 bridgehead atoms. The van der Waals surface area contributed by atoms with Crippen molar-refractivity contribution in [3.05, 3.63) is 82.7 Å². The van der Waals surface area contributed by atoms with Gasteiger partial charge in [-0.05, 0) is 30.0 Å². The van der Waals surface area contributed by atoms with Crippen molar-refractivity contribution < 1.29 is 5.11 Å². The third-order valence-electron chi connectivity index (χ3n) is 5.00. The number of aryl methyl sites for hydroxylation is 1. The molecule has 6 nitrogen and oxygen atoms in total. The molecule has 0 saturated heterocycles. The number of benzene rings is 2. The van der Waals surface area contributed by atoms with Crippen LogP contribution < -0.4 is 11.1 Å². The monoisotopic (exact) mass is 389 g/mol. The van der Waals surface area contributed by atoms with E-state index in [2.05, 4.69) is 41.3 Å². The molecule has 0 aliphatic rings. The molecule has 0 saturated carbocycles. The fourth-order valence-electron chi connectivity index (χ4n) is 3.41. The molecule has 150 valence electrons. The van der Waals surface area contributed by atoms with Gasteiger partial charge in [0, 0.05) is 5.56 Å². The summed E-state index contributed by atoms with van der Waals surface area (Å²) in [5.41, 5.74) is 10.8. The topological polar surface area (TPSA) is 108 Å². The van der Waals surface area contributed by atoms with Crippen LogP contribution in [0.1, 0.15) is 53.6 Å². The predicted octanol–water partition coefficient (Wildman–Crippen LogP) is 4.23. The van der Waals surface area contributed by atoms with Crippen molar-refractivity contribution in [2.24, 2.45) is 0 Å². The molecule has 0 radical (unpaired) electrons. The van der Waals surface area contributed by atoms with E-state index >= 15 is 0 Å². The third kappa shape index (κ3) is 4.60. The predicted molar refractivity (Wildman–Crippen MR) is 117 cm³/mol. The summed E-state index contributed by atoms with van der Waals surface area (Å²) in [5, 5.41) is 21.5. The second-order valence-electron chi connectivity index (χ2n) is 7.05. The van der Waals surface area contributed by atoms with E-state index in [-0.39, 0.29) is 24.2 Å². The number of aliphatic hydroxyl groups excluding tert-OH is 1. The number of hydrogen-bond acceptors (Lipinski definition) is 6. The van der Waals surface area contributed by atoms with Crippen LogP contribution in [0.2, 0.25) is 0 Å². The normalized spacial score (nSPS) is 11.8. The minimum absolute atomic E-state index is 0.0356. The number of rotatable bonds is 8. The lowest BCUT2D eigenvalue weighted by Gasteiger charge is -2.23. The lowest BCUT2D eigenvalue weighted by molar-refractivity contribution is 0.282. The number of nitrogen functional groups attached to an aromatic ring is 1. The zero-order valence-corrected chi connectivity index (χ0v) is 16.8. The fraction of sp³-hybridized carbons (Fsp3) is 0.261. The van der Waals surface area contributed by atoms with E-state index < -0.39 is 0 Å². The number of aromatic nitrogens is 2. The molecule has 1 unspecified atom stereocenters. The number of aliphatic hydroxyl groups is 1. The maximum atomic E-state index is 9.25. The first-order chi connectivity index (χ1) is 14.0. The van der Waals surface area contributed by atoms with Gasteiger partial charge in [0.2, 0.25) is 0 Å². The quantitative estimate of drug-likeness (QED) is 0.431. The summed E-state index contributed by atoms with van der Waals surface area (Å²) >= 11 is 0. The highest BCUT2D eigenvalue weighted by Crippen LogP contribution is 2.29. The van der Waals surface area contributed by atoms with E-state index in [0.29, 0.717) is 16.9 Å². The van der Waals surface area contributed by atoms with Gasteiger partial charge in [-0.1, -0.05) is 61.9 Å². The molecule has 2 aromatic carbocycles. The average molecular weight is 390 g/mol. The van der Waals surface area contributed by atoms with Crippen molar-refractivity contribution in [3.8, 4) is 0 Å². The van der Waals surface area contributed by atoms with Gasteiger partial charge < -0.3 is 16.2 Å². The molecule has 1 atom stereocenters. The first kappa shape index (κ1) is 20.5. The Hall–Kier alpha value is -3.25. The molecular formula is C23H27N5O. The van der Waals surface area contributed by atoms with Crippen molar-refractivity contribution in [3.63, 3.8) is 0 Å². The first-order valence-corrected chi connectivity index (χ1v) is 9.76. The SMILES string of the molecule is CCCC(Nc1ncnc(N)c1C(=N)c1ccc(CO)cc1)c1ccccc1C. The van der Waals surface area contributed by atoms with Crippen LogP contribution in [-0.2, 0) is 6.61 Å². The Labute approximate surface area is 171 Å². The Bertz CT molecular complexity index is 985. The zero-order valence-electron chi connectivity index (χ0n) is 16.8. The smallest absolute Gasteiger partial charge is 0.141 e. The molecule has 1 heterocycles. The van der Waals surface area contributed by atoms with Crippen molar-refractivity contribution in [1.29, 1.82) is 5.41 Å². The summed E-state index contributed by atoms with van der Waals surface area (Å²) in [6.07, 6.45) is 3.35. The largest absolute Gasteiger partial charge is 0.392 e. The molecule has 1 aromatic heterocycles. The summed E-state index contributed by atoms with van der Waals surface area (Å²) in [6, 6.07) is 15.5. The van der Waals surface area contributed by atoms with Crippen molar-refractivity contribution in [2.75, 3.05) is 11.1 Å². The van der Waals surface area contributed by atoms with Gasteiger partial charge in [0.15, 0.2) is 0 Å². The van der Waals surface area contributed by atoms with Crippen molar-refractivity contribution in [2.45, 2.75) is 39.3 Å². The van der Waals surface area contributed by atoms with E-state index in [0.717, 1.165) is 18.4 Å². The molecule has 3 rings (SSSR count). The van der Waals surface area contributed by atoms with Gasteiger partial charge in [0.25, 0.3) is 0 Å². The summed E-state index contributed by atoms with van der Waals surface area (Å²) in [7, 11) is 0. The van der Waals surface area contributed by atoms with E-state index in [1.807, 2.05) is 12.1 Å². The number of nitrogens with zero attached hydrogens (tertiary/aromatic N) is 2. The summed E-state index contributed by atoms with van der Waals surface area (Å²) in [4.78, 5) is 8.52. The van der Waals surface area contributed by atoms with Crippen LogP contribution >= 0.6 is 0 Å². The minimum atomic E-state index is -0.0356. The van der Waals surface area contributed by atoms with E-state index in [1.165, 1.54) is 17.5 Å². The lowest BCUT2D eigenvalue weighted by atomic mass is 9.97. The van der Waals surface area contributed by atoms with E-state index in [4.69, 9.17) is 11.1 Å². The van der Waals surface area contributed by atoms with Crippen LogP contribution in [0.3, 0.4) is 0 Å². The maximum absolute atomic E-state index is 9.25. The first-order valence-electron chi connectivity index (χ1n) is 9.76. The fourth-order valence-corrected chi connectivity index (χ4v) is 3.41. The van der Waals surface area contributed by atoms with Crippen LogP contribution in [0.4, 0.5) is 11.6 Å².